The van der Waals surface area contributed by atoms with Crippen LogP contribution < -0.4 is 0 Å². The van der Waals surface area contributed by atoms with E-state index < -0.39 is 0 Å². The molecule has 0 rings (SSSR count). The summed E-state index contributed by atoms with van der Waals surface area (Å²) in [6.45, 7) is 8.86. The molecule has 0 aliphatic carbocycles. The van der Waals surface area contributed by atoms with Gasteiger partial charge in [0.2, 0.25) is 0 Å². The van der Waals surface area contributed by atoms with Crippen molar-refractivity contribution >= 4 is 0 Å². The Balaban J connectivity index is 3.38. The van der Waals surface area contributed by atoms with Crippen LogP contribution in [0.4, 0.5) is 0 Å². The molecule has 1 N–H and O–H groups in total. The fourth-order valence-corrected chi connectivity index (χ4v) is 0.381. The second-order valence-corrected chi connectivity index (χ2v) is 1.83. The molecule has 0 unspecified atom stereocenters. The van der Waals surface area contributed by atoms with Crippen LogP contribution in [0.25, 0.3) is 0 Å². The summed E-state index contributed by atoms with van der Waals surface area (Å²) in [6, 6.07) is 0. The Morgan fingerprint density at radius 3 is 2.38 bits per heavy atom. The molecule has 0 atom stereocenters. The largest absolute Gasteiger partial charge is 0.382 e. The third-order valence-electron chi connectivity index (χ3n) is 0.719. The van der Waals surface area contributed by atoms with Crippen LogP contribution >= 0.6 is 0 Å². The van der Waals surface area contributed by atoms with Gasteiger partial charge < -0.3 is 5.11 Å². The number of hydrogen-bond donors (Lipinski definition) is 1. The molecule has 0 aliphatic rings. The van der Waals surface area contributed by atoms with E-state index in [1.807, 2.05) is 6.92 Å². The predicted octanol–water partition coefficient (Wildman–Crippen LogP) is 2.04. The Hall–Kier alpha value is -0.560. The van der Waals surface area contributed by atoms with Crippen molar-refractivity contribution in [2.75, 3.05) is 0 Å². The summed E-state index contributed by atoms with van der Waals surface area (Å²) in [4.78, 5) is 0. The number of hydrogen-bond acceptors (Lipinski definition) is 1. The summed E-state index contributed by atoms with van der Waals surface area (Å²) in [6.07, 6.45) is 2.26. The maximum atomic E-state index is 8.77. The van der Waals surface area contributed by atoms with Crippen LogP contribution in [-0.4, -0.2) is 5.11 Å². The van der Waals surface area contributed by atoms with Crippen molar-refractivity contribution in [1.82, 2.24) is 0 Å². The Labute approximate surface area is 50.3 Å². The van der Waals surface area contributed by atoms with Gasteiger partial charge in [-0.2, -0.15) is 0 Å². The summed E-state index contributed by atoms with van der Waals surface area (Å²) < 4.78 is 0. The minimum atomic E-state index is 0.289. The third kappa shape index (κ3) is 3.62. The highest BCUT2D eigenvalue weighted by atomic mass is 16.3. The zero-order valence-electron chi connectivity index (χ0n) is 5.15. The first kappa shape index (κ1) is 7.44. The highest BCUT2D eigenvalue weighted by Gasteiger charge is 1.96. The van der Waals surface area contributed by atoms with Crippen LogP contribution in [0.3, 0.4) is 0 Å². The van der Waals surface area contributed by atoms with Gasteiger partial charge >= 0.3 is 0 Å². The van der Waals surface area contributed by atoms with E-state index in [0.717, 1.165) is 5.57 Å². The topological polar surface area (TPSA) is 20.2 Å². The molecule has 0 amide bonds. The van der Waals surface area contributed by atoms with Gasteiger partial charge in [0, 0.05) is 6.42 Å². The average molecular weight is 111 g/mol. The Kier molecular flexibility index (Phi) is 3.20. The quantitative estimate of drug-likeness (QED) is 0.552. The highest BCUT2D eigenvalue weighted by molar-refractivity contribution is 5.06. The standard InChI is InChI=1S/C7H11O/c1-4-7(8)5-6(2)3/h4,8H,1-2,5H2,3H3. The summed E-state index contributed by atoms with van der Waals surface area (Å²) in [5, 5.41) is 8.77. The molecule has 0 fully saturated rings. The van der Waals surface area contributed by atoms with Crippen LogP contribution in [0.15, 0.2) is 24.8 Å². The first-order valence-electron chi connectivity index (χ1n) is 2.48. The average Bonchev–Trinajstić information content (AvgIpc) is 1.65. The normalized spacial score (nSPS) is 9.38. The van der Waals surface area contributed by atoms with Crippen molar-refractivity contribution in [1.29, 1.82) is 0 Å². The molecule has 0 aromatic rings. The van der Waals surface area contributed by atoms with Crippen molar-refractivity contribution in [3.8, 4) is 0 Å². The molecular weight excluding hydrogens is 100 g/mol. The predicted molar refractivity (Wildman–Crippen MR) is 34.8 cm³/mol. The second kappa shape index (κ2) is 3.44. The Morgan fingerprint density at radius 2 is 2.25 bits per heavy atom. The maximum Gasteiger partial charge on any atom is 0.119 e. The minimum absolute atomic E-state index is 0.289. The van der Waals surface area contributed by atoms with E-state index >= 15 is 0 Å². The van der Waals surface area contributed by atoms with Gasteiger partial charge in [-0.25, -0.2) is 0 Å². The van der Waals surface area contributed by atoms with Gasteiger partial charge in [-0.15, -0.1) is 13.2 Å². The van der Waals surface area contributed by atoms with E-state index in [2.05, 4.69) is 13.2 Å². The number of aliphatic hydroxyl groups is 1. The van der Waals surface area contributed by atoms with E-state index in [4.69, 9.17) is 5.11 Å². The van der Waals surface area contributed by atoms with Gasteiger partial charge in [0.1, 0.15) is 6.10 Å². The van der Waals surface area contributed by atoms with Crippen LogP contribution in [-0.2, 0) is 0 Å². The van der Waals surface area contributed by atoms with E-state index in [0.29, 0.717) is 6.42 Å². The molecule has 0 saturated heterocycles. The van der Waals surface area contributed by atoms with Gasteiger partial charge in [0.05, 0.1) is 0 Å². The van der Waals surface area contributed by atoms with Gasteiger partial charge in [-0.1, -0.05) is 11.6 Å². The monoisotopic (exact) mass is 111 g/mol. The first-order valence-corrected chi connectivity index (χ1v) is 2.48. The molecule has 0 aliphatic heterocycles. The smallest absolute Gasteiger partial charge is 0.119 e. The van der Waals surface area contributed by atoms with Crippen molar-refractivity contribution in [2.45, 2.75) is 13.3 Å². The lowest BCUT2D eigenvalue weighted by atomic mass is 10.1. The lowest BCUT2D eigenvalue weighted by Crippen LogP contribution is -1.89. The summed E-state index contributed by atoms with van der Waals surface area (Å²) in [7, 11) is 0. The Bertz CT molecular complexity index is 94.6. The summed E-state index contributed by atoms with van der Waals surface area (Å²) >= 11 is 0. The van der Waals surface area contributed by atoms with E-state index in [1.165, 1.54) is 6.08 Å². The second-order valence-electron chi connectivity index (χ2n) is 1.83. The lowest BCUT2D eigenvalue weighted by Gasteiger charge is -1.99. The van der Waals surface area contributed by atoms with Crippen molar-refractivity contribution in [2.24, 2.45) is 0 Å². The molecule has 0 spiro atoms. The molecule has 0 aromatic heterocycles. The lowest BCUT2D eigenvalue weighted by molar-refractivity contribution is 0.330. The van der Waals surface area contributed by atoms with Crippen molar-refractivity contribution < 1.29 is 5.11 Å². The van der Waals surface area contributed by atoms with Crippen LogP contribution in [0.2, 0.25) is 0 Å². The van der Waals surface area contributed by atoms with Crippen LogP contribution in [0.5, 0.6) is 0 Å². The minimum Gasteiger partial charge on any atom is -0.382 e. The highest BCUT2D eigenvalue weighted by Crippen LogP contribution is 2.07. The van der Waals surface area contributed by atoms with Crippen molar-refractivity contribution in [3.63, 3.8) is 0 Å². The number of aliphatic hydroxyl groups excluding tert-OH is 1. The molecule has 0 bridgehead atoms. The molecule has 45 valence electrons. The van der Waals surface area contributed by atoms with Crippen LogP contribution in [0.1, 0.15) is 13.3 Å². The Morgan fingerprint density at radius 1 is 1.75 bits per heavy atom. The van der Waals surface area contributed by atoms with E-state index in [-0.39, 0.29) is 6.10 Å². The van der Waals surface area contributed by atoms with E-state index in [1.54, 1.807) is 0 Å². The first-order chi connectivity index (χ1) is 3.66. The van der Waals surface area contributed by atoms with Gasteiger partial charge in [-0.3, -0.25) is 0 Å². The van der Waals surface area contributed by atoms with Gasteiger partial charge in [0.15, 0.2) is 0 Å². The van der Waals surface area contributed by atoms with Crippen molar-refractivity contribution in [3.05, 3.63) is 30.9 Å². The zero-order valence-corrected chi connectivity index (χ0v) is 5.15. The number of rotatable bonds is 3. The van der Waals surface area contributed by atoms with Gasteiger partial charge in [0.25, 0.3) is 0 Å². The molecule has 8 heavy (non-hydrogen) atoms. The van der Waals surface area contributed by atoms with Gasteiger partial charge in [-0.05, 0) is 6.92 Å². The van der Waals surface area contributed by atoms with E-state index in [9.17, 15) is 0 Å². The summed E-state index contributed by atoms with van der Waals surface area (Å²) in [5.74, 6) is 0. The molecule has 0 heterocycles. The third-order valence-corrected chi connectivity index (χ3v) is 0.719. The molecule has 1 heteroatoms. The fourth-order valence-electron chi connectivity index (χ4n) is 0.381. The van der Waals surface area contributed by atoms with Crippen LogP contribution in [0, 0.1) is 6.10 Å². The zero-order chi connectivity index (χ0) is 6.57. The maximum absolute atomic E-state index is 8.77. The molecule has 0 saturated carbocycles. The molecule has 1 radical (unpaired) electrons. The molecule has 1 nitrogen and oxygen atoms in total. The summed E-state index contributed by atoms with van der Waals surface area (Å²) in [5.41, 5.74) is 0.947. The molecule has 0 aromatic carbocycles. The fraction of sp³-hybridized carbons (Fsp3) is 0.286. The SMILES string of the molecule is C=C[C](O)CC(=C)C. The molecular formula is C7H11O.